The Morgan fingerprint density at radius 1 is 0.969 bits per heavy atom. The SMILES string of the molecule is COc1ccc2c(c1)cc(C(=O)Nc1ccc3c(ccn3C)c1)n2Cc1cccc(F)c1. The molecule has 5 aromatic rings. The first-order valence-corrected chi connectivity index (χ1v) is 10.3. The molecule has 0 unspecified atom stereocenters. The molecule has 0 atom stereocenters. The molecule has 0 spiro atoms. The van der Waals surface area contributed by atoms with Crippen LogP contribution in [0.2, 0.25) is 0 Å². The minimum absolute atomic E-state index is 0.230. The van der Waals surface area contributed by atoms with Gasteiger partial charge in [-0.2, -0.15) is 0 Å². The number of aromatic nitrogens is 2. The van der Waals surface area contributed by atoms with Gasteiger partial charge in [0.15, 0.2) is 0 Å². The van der Waals surface area contributed by atoms with Crippen LogP contribution in [-0.2, 0) is 13.6 Å². The van der Waals surface area contributed by atoms with Crippen LogP contribution >= 0.6 is 0 Å². The van der Waals surface area contributed by atoms with Crippen LogP contribution in [-0.4, -0.2) is 22.2 Å². The van der Waals surface area contributed by atoms with Gasteiger partial charge >= 0.3 is 0 Å². The third-order valence-electron chi connectivity index (χ3n) is 5.71. The molecule has 5 nitrogen and oxygen atoms in total. The van der Waals surface area contributed by atoms with Crippen molar-refractivity contribution in [2.75, 3.05) is 12.4 Å². The Morgan fingerprint density at radius 2 is 1.81 bits per heavy atom. The van der Waals surface area contributed by atoms with E-state index in [1.807, 2.05) is 77.0 Å². The molecule has 32 heavy (non-hydrogen) atoms. The number of halogens is 1. The molecule has 160 valence electrons. The Kier molecular flexibility index (Phi) is 4.90. The average molecular weight is 427 g/mol. The average Bonchev–Trinajstić information content (AvgIpc) is 3.33. The molecule has 0 bridgehead atoms. The summed E-state index contributed by atoms with van der Waals surface area (Å²) in [5.41, 5.74) is 3.95. The maximum Gasteiger partial charge on any atom is 0.272 e. The number of benzene rings is 3. The summed E-state index contributed by atoms with van der Waals surface area (Å²) in [6, 6.07) is 21.8. The Bertz CT molecular complexity index is 1470. The van der Waals surface area contributed by atoms with E-state index in [-0.39, 0.29) is 11.7 Å². The third-order valence-corrected chi connectivity index (χ3v) is 5.71. The maximum atomic E-state index is 13.8. The van der Waals surface area contributed by atoms with Crippen LogP contribution in [0.1, 0.15) is 16.1 Å². The third kappa shape index (κ3) is 3.60. The molecular formula is C26H22FN3O2. The molecule has 0 saturated carbocycles. The first kappa shape index (κ1) is 19.9. The molecule has 0 radical (unpaired) electrons. The lowest BCUT2D eigenvalue weighted by Crippen LogP contribution is -2.17. The van der Waals surface area contributed by atoms with Gasteiger partial charge < -0.3 is 19.2 Å². The first-order valence-electron chi connectivity index (χ1n) is 10.3. The zero-order valence-electron chi connectivity index (χ0n) is 17.8. The number of methoxy groups -OCH3 is 1. The summed E-state index contributed by atoms with van der Waals surface area (Å²) in [6.45, 7) is 0.369. The van der Waals surface area contributed by atoms with E-state index in [1.165, 1.54) is 12.1 Å². The van der Waals surface area contributed by atoms with Crippen LogP contribution < -0.4 is 10.1 Å². The number of carbonyl (C=O) groups excluding carboxylic acids is 1. The number of rotatable bonds is 5. The van der Waals surface area contributed by atoms with Crippen molar-refractivity contribution in [1.82, 2.24) is 9.13 Å². The molecule has 5 rings (SSSR count). The molecule has 3 aromatic carbocycles. The number of hydrogen-bond acceptors (Lipinski definition) is 2. The van der Waals surface area contributed by atoms with Crippen molar-refractivity contribution in [1.29, 1.82) is 0 Å². The van der Waals surface area contributed by atoms with E-state index >= 15 is 0 Å². The number of amides is 1. The van der Waals surface area contributed by atoms with E-state index in [0.717, 1.165) is 27.4 Å². The fraction of sp³-hybridized carbons (Fsp3) is 0.115. The molecule has 6 heteroatoms. The molecule has 1 N–H and O–H groups in total. The highest BCUT2D eigenvalue weighted by atomic mass is 19.1. The van der Waals surface area contributed by atoms with Crippen molar-refractivity contribution < 1.29 is 13.9 Å². The Morgan fingerprint density at radius 3 is 2.62 bits per heavy atom. The second kappa shape index (κ2) is 7.89. The predicted molar refractivity (Wildman–Crippen MR) is 125 cm³/mol. The summed E-state index contributed by atoms with van der Waals surface area (Å²) >= 11 is 0. The van der Waals surface area contributed by atoms with Gasteiger partial charge in [-0.05, 0) is 66.2 Å². The second-order valence-electron chi connectivity index (χ2n) is 7.82. The van der Waals surface area contributed by atoms with Crippen molar-refractivity contribution in [3.63, 3.8) is 0 Å². The van der Waals surface area contributed by atoms with E-state index in [2.05, 4.69) is 5.32 Å². The van der Waals surface area contributed by atoms with Gasteiger partial charge in [-0.15, -0.1) is 0 Å². The number of hydrogen-bond donors (Lipinski definition) is 1. The van der Waals surface area contributed by atoms with E-state index in [4.69, 9.17) is 4.74 Å². The smallest absolute Gasteiger partial charge is 0.272 e. The van der Waals surface area contributed by atoms with Gasteiger partial charge in [-0.3, -0.25) is 4.79 Å². The molecule has 2 aromatic heterocycles. The van der Waals surface area contributed by atoms with Crippen LogP contribution in [0.3, 0.4) is 0 Å². The molecule has 0 saturated heterocycles. The van der Waals surface area contributed by atoms with E-state index < -0.39 is 0 Å². The lowest BCUT2D eigenvalue weighted by Gasteiger charge is -2.12. The van der Waals surface area contributed by atoms with Crippen LogP contribution in [0.25, 0.3) is 21.8 Å². The molecule has 0 aliphatic carbocycles. The van der Waals surface area contributed by atoms with Crippen LogP contribution in [0.5, 0.6) is 5.75 Å². The number of ether oxygens (including phenoxy) is 1. The minimum atomic E-state index is -0.303. The number of nitrogens with zero attached hydrogens (tertiary/aromatic N) is 2. The summed E-state index contributed by atoms with van der Waals surface area (Å²) < 4.78 is 23.1. The lowest BCUT2D eigenvalue weighted by molar-refractivity contribution is 0.101. The van der Waals surface area contributed by atoms with Gasteiger partial charge in [0, 0.05) is 47.3 Å². The largest absolute Gasteiger partial charge is 0.497 e. The van der Waals surface area contributed by atoms with Gasteiger partial charge in [0.25, 0.3) is 5.91 Å². The molecule has 0 aliphatic rings. The zero-order chi connectivity index (χ0) is 22.2. The quantitative estimate of drug-likeness (QED) is 0.398. The summed E-state index contributed by atoms with van der Waals surface area (Å²) in [5.74, 6) is 0.177. The lowest BCUT2D eigenvalue weighted by atomic mass is 10.2. The van der Waals surface area contributed by atoms with Crippen molar-refractivity contribution >= 4 is 33.4 Å². The topological polar surface area (TPSA) is 48.2 Å². The van der Waals surface area contributed by atoms with Crippen LogP contribution in [0.4, 0.5) is 10.1 Å². The molecular weight excluding hydrogens is 405 g/mol. The normalized spacial score (nSPS) is 11.2. The minimum Gasteiger partial charge on any atom is -0.497 e. The van der Waals surface area contributed by atoms with E-state index in [9.17, 15) is 9.18 Å². The summed E-state index contributed by atoms with van der Waals surface area (Å²) in [5, 5.41) is 4.94. The molecule has 1 amide bonds. The van der Waals surface area contributed by atoms with Gasteiger partial charge in [0.1, 0.15) is 17.3 Å². The number of carbonyl (C=O) groups is 1. The highest BCUT2D eigenvalue weighted by molar-refractivity contribution is 6.07. The summed E-state index contributed by atoms with van der Waals surface area (Å²) in [7, 11) is 3.60. The molecule has 0 fully saturated rings. The monoisotopic (exact) mass is 427 g/mol. The Labute approximate surface area is 184 Å². The maximum absolute atomic E-state index is 13.8. The summed E-state index contributed by atoms with van der Waals surface area (Å²) in [4.78, 5) is 13.3. The number of anilines is 1. The predicted octanol–water partition coefficient (Wildman–Crippen LogP) is 5.58. The number of fused-ring (bicyclic) bond motifs is 2. The standard InChI is InChI=1S/C26H22FN3O2/c1-29-11-10-18-13-21(6-8-23(18)29)28-26(31)25-15-19-14-22(32-2)7-9-24(19)30(25)16-17-4-3-5-20(27)12-17/h3-15H,16H2,1-2H3,(H,28,31). The highest BCUT2D eigenvalue weighted by Gasteiger charge is 2.17. The second-order valence-corrected chi connectivity index (χ2v) is 7.82. The number of aryl methyl sites for hydroxylation is 1. The van der Waals surface area contributed by atoms with Crippen molar-refractivity contribution in [3.8, 4) is 5.75 Å². The van der Waals surface area contributed by atoms with Crippen molar-refractivity contribution in [3.05, 3.63) is 96.1 Å². The van der Waals surface area contributed by atoms with Gasteiger partial charge in [0.2, 0.25) is 0 Å². The van der Waals surface area contributed by atoms with Gasteiger partial charge in [-0.1, -0.05) is 12.1 Å². The zero-order valence-corrected chi connectivity index (χ0v) is 17.8. The fourth-order valence-electron chi connectivity index (χ4n) is 4.11. The number of nitrogens with one attached hydrogen (secondary N) is 1. The van der Waals surface area contributed by atoms with Crippen LogP contribution in [0, 0.1) is 5.82 Å². The molecule has 0 aliphatic heterocycles. The van der Waals surface area contributed by atoms with Gasteiger partial charge in [0.05, 0.1) is 7.11 Å². The Hall–Kier alpha value is -4.06. The highest BCUT2D eigenvalue weighted by Crippen LogP contribution is 2.27. The molecule has 2 heterocycles. The summed E-state index contributed by atoms with van der Waals surface area (Å²) in [6.07, 6.45) is 1.99. The Balaban J connectivity index is 1.55. The fourth-order valence-corrected chi connectivity index (χ4v) is 4.11. The van der Waals surface area contributed by atoms with Crippen molar-refractivity contribution in [2.24, 2.45) is 7.05 Å². The van der Waals surface area contributed by atoms with Gasteiger partial charge in [-0.25, -0.2) is 4.39 Å². The first-order chi connectivity index (χ1) is 15.5. The van der Waals surface area contributed by atoms with Crippen molar-refractivity contribution in [2.45, 2.75) is 6.54 Å². The van der Waals surface area contributed by atoms with E-state index in [1.54, 1.807) is 13.2 Å². The van der Waals surface area contributed by atoms with E-state index in [0.29, 0.717) is 23.7 Å². The van der Waals surface area contributed by atoms with Crippen LogP contribution in [0.15, 0.2) is 79.0 Å².